The molecule has 10 heteroatoms. The molecule has 0 fully saturated rings. The van der Waals surface area contributed by atoms with Crippen molar-refractivity contribution in [1.29, 1.82) is 0 Å². The lowest BCUT2D eigenvalue weighted by Gasteiger charge is -2.16. The summed E-state index contributed by atoms with van der Waals surface area (Å²) in [5.41, 5.74) is 13.4. The number of aliphatic hydroxyl groups excluding tert-OH is 1. The fraction of sp³-hybridized carbons (Fsp3) is 0.300. The lowest BCUT2D eigenvalue weighted by atomic mass is 10.1. The minimum absolute atomic E-state index is 0.140. The van der Waals surface area contributed by atoms with Crippen LogP contribution >= 0.6 is 11.3 Å². The summed E-state index contributed by atoms with van der Waals surface area (Å²) >= 11 is 1.44. The van der Waals surface area contributed by atoms with E-state index in [0.717, 1.165) is 22.1 Å². The molecule has 30 heavy (non-hydrogen) atoms. The Morgan fingerprint density at radius 1 is 1.23 bits per heavy atom. The van der Waals surface area contributed by atoms with E-state index < -0.39 is 22.2 Å². The molecule has 0 spiro atoms. The summed E-state index contributed by atoms with van der Waals surface area (Å²) in [5.74, 6) is 0. The highest BCUT2D eigenvalue weighted by Crippen LogP contribution is 2.28. The maximum atomic E-state index is 12.1. The maximum Gasteiger partial charge on any atom is 0.283 e. The van der Waals surface area contributed by atoms with Crippen LogP contribution in [-0.4, -0.2) is 37.4 Å². The number of aryl methyl sites for hydroxylation is 1. The van der Waals surface area contributed by atoms with Gasteiger partial charge in [0.15, 0.2) is 0 Å². The second-order valence-electron chi connectivity index (χ2n) is 6.86. The van der Waals surface area contributed by atoms with Crippen molar-refractivity contribution in [2.75, 3.05) is 6.54 Å². The van der Waals surface area contributed by atoms with Crippen molar-refractivity contribution in [2.24, 2.45) is 10.1 Å². The third-order valence-corrected chi connectivity index (χ3v) is 6.84. The summed E-state index contributed by atoms with van der Waals surface area (Å²) in [4.78, 5) is 4.58. The molecule has 1 heterocycles. The second kappa shape index (κ2) is 10.1. The van der Waals surface area contributed by atoms with Gasteiger partial charge in [0.2, 0.25) is 0 Å². The molecule has 0 aliphatic rings. The van der Waals surface area contributed by atoms with Gasteiger partial charge < -0.3 is 16.3 Å². The number of hydrogen-bond acceptors (Lipinski definition) is 7. The molecule has 0 amide bonds. The summed E-state index contributed by atoms with van der Waals surface area (Å²) in [5, 5.41) is 11.1. The van der Waals surface area contributed by atoms with Gasteiger partial charge in [0.1, 0.15) is 17.5 Å². The van der Waals surface area contributed by atoms with Gasteiger partial charge in [-0.3, -0.25) is 0 Å². The molecule has 0 saturated heterocycles. The topological polar surface area (TPSA) is 130 Å². The molecule has 160 valence electrons. The first-order chi connectivity index (χ1) is 14.4. The average molecular weight is 448 g/mol. The minimum atomic E-state index is -3.73. The van der Waals surface area contributed by atoms with Crippen LogP contribution in [0.1, 0.15) is 29.5 Å². The summed E-state index contributed by atoms with van der Waals surface area (Å²) in [7, 11) is -3.73. The normalized spacial score (nSPS) is 14.2. The van der Waals surface area contributed by atoms with Crippen LogP contribution in [0.3, 0.4) is 0 Å². The molecule has 3 aromatic rings. The number of hydrazine groups is 1. The molecule has 2 aromatic carbocycles. The zero-order valence-electron chi connectivity index (χ0n) is 16.5. The lowest BCUT2D eigenvalue weighted by molar-refractivity contribution is 0.141. The van der Waals surface area contributed by atoms with Gasteiger partial charge in [-0.1, -0.05) is 29.8 Å². The molecule has 0 radical (unpaired) electrons. The Labute approximate surface area is 179 Å². The number of fused-ring (bicyclic) bond motifs is 1. The first-order valence-electron chi connectivity index (χ1n) is 9.50. The first kappa shape index (κ1) is 22.3. The number of nitrogens with zero attached hydrogens (tertiary/aromatic N) is 2. The Morgan fingerprint density at radius 3 is 2.70 bits per heavy atom. The lowest BCUT2D eigenvalue weighted by Crippen LogP contribution is -2.34. The Bertz CT molecular complexity index is 1060. The van der Waals surface area contributed by atoms with Crippen LogP contribution in [0.4, 0.5) is 0 Å². The quantitative estimate of drug-likeness (QED) is 0.162. The van der Waals surface area contributed by atoms with Crippen molar-refractivity contribution >= 4 is 37.9 Å². The van der Waals surface area contributed by atoms with Crippen molar-refractivity contribution in [3.63, 3.8) is 0 Å². The van der Waals surface area contributed by atoms with E-state index in [4.69, 9.17) is 5.73 Å². The van der Waals surface area contributed by atoms with Gasteiger partial charge in [-0.25, -0.2) is 10.4 Å². The van der Waals surface area contributed by atoms with Gasteiger partial charge in [-0.15, -0.1) is 15.7 Å². The summed E-state index contributed by atoms with van der Waals surface area (Å²) in [6.07, 6.45) is 1.53. The average Bonchev–Trinajstić information content (AvgIpc) is 3.17. The molecule has 2 atom stereocenters. The third-order valence-electron chi connectivity index (χ3n) is 4.49. The Kier molecular flexibility index (Phi) is 7.51. The fourth-order valence-electron chi connectivity index (χ4n) is 2.77. The van der Waals surface area contributed by atoms with Crippen molar-refractivity contribution in [3.05, 3.63) is 59.1 Å². The monoisotopic (exact) mass is 447 g/mol. The molecule has 0 bridgehead atoms. The van der Waals surface area contributed by atoms with Gasteiger partial charge in [0.05, 0.1) is 15.1 Å². The van der Waals surface area contributed by atoms with Gasteiger partial charge in [0.25, 0.3) is 10.0 Å². The number of nitrogens with one attached hydrogen (secondary N) is 2. The smallest absolute Gasteiger partial charge is 0.283 e. The van der Waals surface area contributed by atoms with Crippen molar-refractivity contribution in [1.82, 2.24) is 15.8 Å². The van der Waals surface area contributed by atoms with E-state index in [1.807, 2.05) is 31.2 Å². The highest BCUT2D eigenvalue weighted by Gasteiger charge is 2.20. The number of hydrogen-bond donors (Lipinski definition) is 4. The van der Waals surface area contributed by atoms with Gasteiger partial charge in [0, 0.05) is 12.6 Å². The molecule has 0 saturated carbocycles. The van der Waals surface area contributed by atoms with Crippen molar-refractivity contribution in [3.8, 4) is 0 Å². The Morgan fingerprint density at radius 2 is 1.97 bits per heavy atom. The molecular formula is C20H25N5O3S2. The van der Waals surface area contributed by atoms with E-state index in [9.17, 15) is 13.5 Å². The summed E-state index contributed by atoms with van der Waals surface area (Å²) in [6, 6.07) is 13.8. The fourth-order valence-corrected chi connectivity index (χ4v) is 4.59. The Hall–Kier alpha value is -2.37. The highest BCUT2D eigenvalue weighted by atomic mass is 32.2. The van der Waals surface area contributed by atoms with Crippen LogP contribution in [0.15, 0.2) is 57.8 Å². The number of nitrogens with two attached hydrogens (primary N) is 1. The minimum Gasteiger partial charge on any atom is -0.384 e. The third kappa shape index (κ3) is 5.83. The highest BCUT2D eigenvalue weighted by molar-refractivity contribution is 7.90. The predicted octanol–water partition coefficient (Wildman–Crippen LogP) is 2.26. The number of sulfonamides is 1. The number of rotatable bonds is 10. The second-order valence-corrected chi connectivity index (χ2v) is 9.56. The molecule has 1 aromatic heterocycles. The molecular weight excluding hydrogens is 422 g/mol. The molecule has 8 nitrogen and oxygen atoms in total. The number of aliphatic hydroxyl groups is 1. The first-order valence-corrected chi connectivity index (χ1v) is 11.8. The van der Waals surface area contributed by atoms with Crippen LogP contribution in [0.25, 0.3) is 10.2 Å². The largest absolute Gasteiger partial charge is 0.384 e. The molecule has 5 N–H and O–H groups in total. The van der Waals surface area contributed by atoms with Crippen LogP contribution in [0.2, 0.25) is 0 Å². The standard InChI is InChI=1S/C20H25N5O3S2/c1-14-8-10-15(11-9-14)30(27,28)24-13-23-22-12-4-5-16(21)19(26)20-25-17-6-2-3-7-18(17)29-20/h2-3,6-11,13,16,19,22,26H,4-5,12,21H2,1H3,(H,23,24)/t16-,19?/m0/s1. The molecule has 0 aliphatic carbocycles. The molecule has 0 aliphatic heterocycles. The summed E-state index contributed by atoms with van der Waals surface area (Å²) < 4.78 is 28.8. The Balaban J connectivity index is 1.39. The number of aromatic nitrogens is 1. The number of para-hydroxylation sites is 1. The maximum absolute atomic E-state index is 12.1. The van der Waals surface area contributed by atoms with Crippen LogP contribution in [0.5, 0.6) is 0 Å². The van der Waals surface area contributed by atoms with Gasteiger partial charge in [-0.05, 0) is 44.0 Å². The summed E-state index contributed by atoms with van der Waals surface area (Å²) in [6.45, 7) is 2.41. The van der Waals surface area contributed by atoms with E-state index in [1.54, 1.807) is 12.1 Å². The van der Waals surface area contributed by atoms with E-state index in [2.05, 4.69) is 20.2 Å². The van der Waals surface area contributed by atoms with Crippen LogP contribution < -0.4 is 16.6 Å². The van der Waals surface area contributed by atoms with Gasteiger partial charge >= 0.3 is 0 Å². The van der Waals surface area contributed by atoms with E-state index in [0.29, 0.717) is 24.4 Å². The number of benzene rings is 2. The van der Waals surface area contributed by atoms with Crippen molar-refractivity contribution < 1.29 is 13.5 Å². The van der Waals surface area contributed by atoms with Crippen molar-refractivity contribution in [2.45, 2.75) is 36.8 Å². The van der Waals surface area contributed by atoms with Crippen LogP contribution in [-0.2, 0) is 10.0 Å². The molecule has 3 rings (SSSR count). The van der Waals surface area contributed by atoms with E-state index >= 15 is 0 Å². The van der Waals surface area contributed by atoms with Crippen LogP contribution in [0, 0.1) is 6.92 Å². The number of thiazole rings is 1. The van der Waals surface area contributed by atoms with E-state index in [1.165, 1.54) is 23.5 Å². The van der Waals surface area contributed by atoms with E-state index in [-0.39, 0.29) is 4.90 Å². The zero-order valence-corrected chi connectivity index (χ0v) is 18.2. The predicted molar refractivity (Wildman–Crippen MR) is 120 cm³/mol. The van der Waals surface area contributed by atoms with Gasteiger partial charge in [-0.2, -0.15) is 8.42 Å². The zero-order chi connectivity index (χ0) is 21.6. The molecule has 1 unspecified atom stereocenters. The SMILES string of the molecule is Cc1ccc(S(=O)(=O)/N=C/NNCCC[C@H](N)C(O)c2nc3ccccc3s2)cc1.